The lowest BCUT2D eigenvalue weighted by atomic mass is 10.0. The van der Waals surface area contributed by atoms with Crippen molar-refractivity contribution in [2.24, 2.45) is 0 Å². The van der Waals surface area contributed by atoms with E-state index in [4.69, 9.17) is 4.74 Å². The molecular formula is C21H27N3O2. The first-order valence-corrected chi connectivity index (χ1v) is 9.67. The largest absolute Gasteiger partial charge is 0.481 e. The van der Waals surface area contributed by atoms with Gasteiger partial charge in [-0.1, -0.05) is 18.2 Å². The molecule has 1 unspecified atom stereocenters. The third kappa shape index (κ3) is 3.48. The lowest BCUT2D eigenvalue weighted by molar-refractivity contribution is -0.139. The minimum atomic E-state index is -0.453. The average molecular weight is 353 g/mol. The van der Waals surface area contributed by atoms with E-state index < -0.39 is 6.10 Å². The SMILES string of the molecule is Cc1cnc(C2CC2)n1C1CCN(C(=O)C(C)Oc2ccccc2)CC1. The van der Waals surface area contributed by atoms with Gasteiger partial charge in [0.25, 0.3) is 5.91 Å². The highest BCUT2D eigenvalue weighted by atomic mass is 16.5. The molecule has 1 aliphatic heterocycles. The summed E-state index contributed by atoms with van der Waals surface area (Å²) in [5.74, 6) is 2.74. The lowest BCUT2D eigenvalue weighted by Gasteiger charge is -2.35. The summed E-state index contributed by atoms with van der Waals surface area (Å²) in [6, 6.07) is 10.0. The van der Waals surface area contributed by atoms with Crippen molar-refractivity contribution in [3.63, 3.8) is 0 Å². The monoisotopic (exact) mass is 353 g/mol. The molecule has 2 aliphatic rings. The number of likely N-dealkylation sites (tertiary alicyclic amines) is 1. The maximum Gasteiger partial charge on any atom is 0.263 e. The van der Waals surface area contributed by atoms with Crippen LogP contribution in [0, 0.1) is 6.92 Å². The van der Waals surface area contributed by atoms with Gasteiger partial charge < -0.3 is 14.2 Å². The highest BCUT2D eigenvalue weighted by Gasteiger charge is 2.33. The topological polar surface area (TPSA) is 47.4 Å². The number of para-hydroxylation sites is 1. The molecule has 2 heterocycles. The number of nitrogens with zero attached hydrogens (tertiary/aromatic N) is 3. The summed E-state index contributed by atoms with van der Waals surface area (Å²) in [6.07, 6.45) is 6.05. The fraction of sp³-hybridized carbons (Fsp3) is 0.524. The van der Waals surface area contributed by atoms with Gasteiger partial charge in [0.1, 0.15) is 11.6 Å². The minimum Gasteiger partial charge on any atom is -0.481 e. The summed E-state index contributed by atoms with van der Waals surface area (Å²) in [4.78, 5) is 19.3. The van der Waals surface area contributed by atoms with E-state index >= 15 is 0 Å². The number of aryl methyl sites for hydroxylation is 1. The molecule has 4 rings (SSSR count). The molecule has 138 valence electrons. The van der Waals surface area contributed by atoms with Gasteiger partial charge in [-0.15, -0.1) is 0 Å². The van der Waals surface area contributed by atoms with Crippen LogP contribution in [0.2, 0.25) is 0 Å². The van der Waals surface area contributed by atoms with Gasteiger partial charge in [0.05, 0.1) is 0 Å². The number of carbonyl (C=O) groups is 1. The molecule has 0 spiro atoms. The van der Waals surface area contributed by atoms with E-state index in [0.29, 0.717) is 12.0 Å². The summed E-state index contributed by atoms with van der Waals surface area (Å²) < 4.78 is 8.23. The Bertz CT molecular complexity index is 759. The first-order valence-electron chi connectivity index (χ1n) is 9.67. The van der Waals surface area contributed by atoms with Crippen LogP contribution in [-0.4, -0.2) is 39.6 Å². The Balaban J connectivity index is 1.36. The highest BCUT2D eigenvalue weighted by Crippen LogP contribution is 2.41. The van der Waals surface area contributed by atoms with E-state index in [1.807, 2.05) is 48.4 Å². The van der Waals surface area contributed by atoms with Crippen molar-refractivity contribution in [1.29, 1.82) is 0 Å². The summed E-state index contributed by atoms with van der Waals surface area (Å²) in [5, 5.41) is 0. The van der Waals surface area contributed by atoms with E-state index in [-0.39, 0.29) is 5.91 Å². The normalized spacial score (nSPS) is 19.4. The molecule has 0 radical (unpaired) electrons. The Morgan fingerprint density at radius 1 is 1.15 bits per heavy atom. The number of amides is 1. The molecule has 0 bridgehead atoms. The van der Waals surface area contributed by atoms with Crippen molar-refractivity contribution in [3.8, 4) is 5.75 Å². The van der Waals surface area contributed by atoms with Gasteiger partial charge >= 0.3 is 0 Å². The van der Waals surface area contributed by atoms with E-state index in [1.165, 1.54) is 24.4 Å². The number of ether oxygens (including phenoxy) is 1. The van der Waals surface area contributed by atoms with Gasteiger partial charge in [0.2, 0.25) is 0 Å². The molecule has 5 nitrogen and oxygen atoms in total. The van der Waals surface area contributed by atoms with Crippen LogP contribution in [0.25, 0.3) is 0 Å². The summed E-state index contributed by atoms with van der Waals surface area (Å²) in [5.41, 5.74) is 1.25. The van der Waals surface area contributed by atoms with Crippen LogP contribution in [0.15, 0.2) is 36.5 Å². The number of aromatic nitrogens is 2. The lowest BCUT2D eigenvalue weighted by Crippen LogP contribution is -2.45. The van der Waals surface area contributed by atoms with Crippen molar-refractivity contribution in [2.75, 3.05) is 13.1 Å². The fourth-order valence-corrected chi connectivity index (χ4v) is 3.94. The predicted molar refractivity (Wildman–Crippen MR) is 100 cm³/mol. The molecule has 1 aromatic heterocycles. The number of hydrogen-bond donors (Lipinski definition) is 0. The quantitative estimate of drug-likeness (QED) is 0.823. The number of carbonyl (C=O) groups excluding carboxylic acids is 1. The fourth-order valence-electron chi connectivity index (χ4n) is 3.94. The molecule has 1 aliphatic carbocycles. The zero-order valence-corrected chi connectivity index (χ0v) is 15.6. The van der Waals surface area contributed by atoms with Crippen molar-refractivity contribution < 1.29 is 9.53 Å². The second kappa shape index (κ2) is 7.14. The summed E-state index contributed by atoms with van der Waals surface area (Å²) in [7, 11) is 0. The maximum absolute atomic E-state index is 12.7. The highest BCUT2D eigenvalue weighted by molar-refractivity contribution is 5.81. The van der Waals surface area contributed by atoms with Crippen LogP contribution in [0.3, 0.4) is 0 Å². The smallest absolute Gasteiger partial charge is 0.263 e. The molecule has 2 fully saturated rings. The van der Waals surface area contributed by atoms with Gasteiger partial charge in [0.15, 0.2) is 6.10 Å². The number of benzene rings is 1. The molecule has 1 amide bonds. The zero-order chi connectivity index (χ0) is 18.1. The van der Waals surface area contributed by atoms with Crippen LogP contribution in [0.4, 0.5) is 0 Å². The first-order chi connectivity index (χ1) is 12.6. The Hall–Kier alpha value is -2.30. The number of rotatable bonds is 5. The van der Waals surface area contributed by atoms with Crippen LogP contribution >= 0.6 is 0 Å². The second-order valence-corrected chi connectivity index (χ2v) is 7.53. The number of hydrogen-bond acceptors (Lipinski definition) is 3. The molecule has 0 N–H and O–H groups in total. The summed E-state index contributed by atoms with van der Waals surface area (Å²) in [6.45, 7) is 5.56. The standard InChI is InChI=1S/C21H27N3O2/c1-15-14-22-20(17-8-9-17)24(15)18-10-12-23(13-11-18)21(25)16(2)26-19-6-4-3-5-7-19/h3-7,14,16-18H,8-13H2,1-2H3. The summed E-state index contributed by atoms with van der Waals surface area (Å²) >= 11 is 0. The molecule has 2 aromatic rings. The van der Waals surface area contributed by atoms with Crippen molar-refractivity contribution in [3.05, 3.63) is 48.0 Å². The number of imidazole rings is 1. The van der Waals surface area contributed by atoms with Crippen molar-refractivity contribution in [2.45, 2.75) is 57.6 Å². The molecule has 5 heteroatoms. The predicted octanol–water partition coefficient (Wildman–Crippen LogP) is 3.70. The van der Waals surface area contributed by atoms with Crippen molar-refractivity contribution in [1.82, 2.24) is 14.5 Å². The Morgan fingerprint density at radius 3 is 2.50 bits per heavy atom. The molecule has 1 saturated heterocycles. The number of piperidine rings is 1. The van der Waals surface area contributed by atoms with Gasteiger partial charge in [-0.3, -0.25) is 4.79 Å². The maximum atomic E-state index is 12.7. The Kier molecular flexibility index (Phi) is 4.70. The van der Waals surface area contributed by atoms with Gasteiger partial charge in [-0.05, 0) is 51.7 Å². The van der Waals surface area contributed by atoms with E-state index in [0.717, 1.165) is 31.7 Å². The van der Waals surface area contributed by atoms with E-state index in [1.54, 1.807) is 0 Å². The van der Waals surface area contributed by atoms with Gasteiger partial charge in [-0.25, -0.2) is 4.98 Å². The molecule has 1 saturated carbocycles. The van der Waals surface area contributed by atoms with Crippen LogP contribution in [-0.2, 0) is 4.79 Å². The van der Waals surface area contributed by atoms with Gasteiger partial charge in [0, 0.05) is 36.9 Å². The van der Waals surface area contributed by atoms with Crippen LogP contribution in [0.1, 0.15) is 56.1 Å². The second-order valence-electron chi connectivity index (χ2n) is 7.53. The van der Waals surface area contributed by atoms with E-state index in [2.05, 4.69) is 16.5 Å². The first kappa shape index (κ1) is 17.1. The van der Waals surface area contributed by atoms with E-state index in [9.17, 15) is 4.79 Å². The molecule has 1 atom stereocenters. The molecular weight excluding hydrogens is 326 g/mol. The third-order valence-electron chi connectivity index (χ3n) is 5.50. The molecule has 1 aromatic carbocycles. The molecule has 26 heavy (non-hydrogen) atoms. The Labute approximate surface area is 155 Å². The van der Waals surface area contributed by atoms with Crippen LogP contribution < -0.4 is 4.74 Å². The van der Waals surface area contributed by atoms with Crippen molar-refractivity contribution >= 4 is 5.91 Å². The average Bonchev–Trinajstić information content (AvgIpc) is 3.44. The van der Waals surface area contributed by atoms with Gasteiger partial charge in [-0.2, -0.15) is 0 Å². The third-order valence-corrected chi connectivity index (χ3v) is 5.50. The van der Waals surface area contributed by atoms with Crippen LogP contribution in [0.5, 0.6) is 5.75 Å². The Morgan fingerprint density at radius 2 is 1.85 bits per heavy atom. The zero-order valence-electron chi connectivity index (χ0n) is 15.6. The minimum absolute atomic E-state index is 0.0806.